The number of esters is 1. The van der Waals surface area contributed by atoms with Gasteiger partial charge >= 0.3 is 5.97 Å². The van der Waals surface area contributed by atoms with Crippen molar-refractivity contribution >= 4 is 5.97 Å². The van der Waals surface area contributed by atoms with Crippen LogP contribution >= 0.6 is 0 Å². The third kappa shape index (κ3) is 2.91. The third-order valence-electron chi connectivity index (χ3n) is 1.69. The molecule has 1 unspecified atom stereocenters. The molecule has 0 amide bonds. The van der Waals surface area contributed by atoms with Gasteiger partial charge in [0.05, 0.1) is 6.42 Å². The number of rotatable bonds is 3. The molecule has 0 saturated heterocycles. The van der Waals surface area contributed by atoms with Crippen LogP contribution < -0.4 is 0 Å². The maximum absolute atomic E-state index is 10.8. The molecule has 0 spiro atoms. The number of carbonyl (C=O) groups excluding carboxylic acids is 1. The Hall–Kier alpha value is -1.05. The zero-order valence-electron chi connectivity index (χ0n) is 7.32. The first kappa shape index (κ1) is 9.04. The minimum Gasteiger partial charge on any atom is -0.458 e. The summed E-state index contributed by atoms with van der Waals surface area (Å²) in [7, 11) is 0. The van der Waals surface area contributed by atoms with E-state index in [1.54, 1.807) is 0 Å². The molecule has 0 N–H and O–H groups in total. The summed E-state index contributed by atoms with van der Waals surface area (Å²) in [5.74, 6) is -0.118. The molecule has 66 valence electrons. The van der Waals surface area contributed by atoms with Crippen molar-refractivity contribution in [2.24, 2.45) is 0 Å². The highest BCUT2D eigenvalue weighted by molar-refractivity contribution is 5.72. The summed E-state index contributed by atoms with van der Waals surface area (Å²) in [6.07, 6.45) is 10.2. The van der Waals surface area contributed by atoms with Crippen molar-refractivity contribution in [1.29, 1.82) is 0 Å². The van der Waals surface area contributed by atoms with E-state index in [2.05, 4.69) is 13.0 Å². The van der Waals surface area contributed by atoms with Crippen molar-refractivity contribution in [1.82, 2.24) is 0 Å². The van der Waals surface area contributed by atoms with Gasteiger partial charge in [-0.2, -0.15) is 0 Å². The first-order valence-corrected chi connectivity index (χ1v) is 4.34. The highest BCUT2D eigenvalue weighted by Crippen LogP contribution is 2.09. The molecule has 2 heteroatoms. The summed E-state index contributed by atoms with van der Waals surface area (Å²) in [6.45, 7) is 2.08. The van der Waals surface area contributed by atoms with E-state index in [0.717, 1.165) is 12.8 Å². The van der Waals surface area contributed by atoms with Crippen LogP contribution in [0.2, 0.25) is 0 Å². The number of hydrogen-bond acceptors (Lipinski definition) is 2. The zero-order chi connectivity index (χ0) is 8.81. The lowest BCUT2D eigenvalue weighted by molar-refractivity contribution is -0.146. The highest BCUT2D eigenvalue weighted by atomic mass is 16.5. The molecule has 0 aromatic heterocycles. The van der Waals surface area contributed by atoms with Gasteiger partial charge in [-0.05, 0) is 12.5 Å². The number of cyclic esters (lactones) is 1. The predicted octanol–water partition coefficient (Wildman–Crippen LogP) is 2.21. The SMILES string of the molecule is CCC=CCC1C=CCC(=O)O1. The Bertz CT molecular complexity index is 204. The summed E-state index contributed by atoms with van der Waals surface area (Å²) in [5.41, 5.74) is 0. The van der Waals surface area contributed by atoms with Crippen molar-refractivity contribution in [2.45, 2.75) is 32.3 Å². The normalized spacial score (nSPS) is 23.1. The van der Waals surface area contributed by atoms with E-state index < -0.39 is 0 Å². The molecule has 0 aliphatic carbocycles. The lowest BCUT2D eigenvalue weighted by atomic mass is 10.1. The van der Waals surface area contributed by atoms with Crippen LogP contribution in [-0.4, -0.2) is 12.1 Å². The molecule has 1 aliphatic heterocycles. The number of hydrogen-bond donors (Lipinski definition) is 0. The zero-order valence-corrected chi connectivity index (χ0v) is 7.32. The van der Waals surface area contributed by atoms with Gasteiger partial charge in [0.2, 0.25) is 0 Å². The van der Waals surface area contributed by atoms with Crippen LogP contribution in [0.4, 0.5) is 0 Å². The molecule has 0 fully saturated rings. The molecule has 12 heavy (non-hydrogen) atoms. The average molecular weight is 166 g/mol. The quantitative estimate of drug-likeness (QED) is 0.474. The van der Waals surface area contributed by atoms with Gasteiger partial charge in [-0.25, -0.2) is 0 Å². The van der Waals surface area contributed by atoms with Crippen LogP contribution in [0.15, 0.2) is 24.3 Å². The highest BCUT2D eigenvalue weighted by Gasteiger charge is 2.12. The minimum atomic E-state index is -0.118. The van der Waals surface area contributed by atoms with Gasteiger partial charge in [0, 0.05) is 6.42 Å². The molecule has 2 nitrogen and oxygen atoms in total. The summed E-state index contributed by atoms with van der Waals surface area (Å²) < 4.78 is 5.06. The van der Waals surface area contributed by atoms with E-state index in [9.17, 15) is 4.79 Å². The summed E-state index contributed by atoms with van der Waals surface area (Å²) >= 11 is 0. The molecule has 1 aliphatic rings. The summed E-state index contributed by atoms with van der Waals surface area (Å²) in [5, 5.41) is 0. The third-order valence-corrected chi connectivity index (χ3v) is 1.69. The first-order chi connectivity index (χ1) is 5.83. The second-order valence-electron chi connectivity index (χ2n) is 2.78. The maximum Gasteiger partial charge on any atom is 0.310 e. The average Bonchev–Trinajstić information content (AvgIpc) is 2.05. The minimum absolute atomic E-state index is 0.0333. The second-order valence-corrected chi connectivity index (χ2v) is 2.78. The number of carbonyl (C=O) groups is 1. The monoisotopic (exact) mass is 166 g/mol. The maximum atomic E-state index is 10.8. The van der Waals surface area contributed by atoms with E-state index >= 15 is 0 Å². The molecule has 0 saturated carbocycles. The van der Waals surface area contributed by atoms with E-state index in [1.165, 1.54) is 0 Å². The van der Waals surface area contributed by atoms with Gasteiger partial charge in [-0.15, -0.1) is 0 Å². The molecular formula is C10H14O2. The Morgan fingerprint density at radius 1 is 1.67 bits per heavy atom. The van der Waals surface area contributed by atoms with Gasteiger partial charge in [0.15, 0.2) is 0 Å². The Morgan fingerprint density at radius 3 is 3.17 bits per heavy atom. The molecule has 1 atom stereocenters. The number of allylic oxidation sites excluding steroid dienone is 1. The topological polar surface area (TPSA) is 26.3 Å². The van der Waals surface area contributed by atoms with Crippen molar-refractivity contribution in [2.75, 3.05) is 0 Å². The Kier molecular flexibility index (Phi) is 3.58. The standard InChI is InChI=1S/C10H14O2/c1-2-3-4-6-9-7-5-8-10(11)12-9/h3-5,7,9H,2,6,8H2,1H3. The van der Waals surface area contributed by atoms with Crippen molar-refractivity contribution in [3.8, 4) is 0 Å². The second kappa shape index (κ2) is 4.75. The number of ether oxygens (including phenoxy) is 1. The molecule has 1 rings (SSSR count). The molecule has 0 radical (unpaired) electrons. The van der Waals surface area contributed by atoms with E-state index in [0.29, 0.717) is 6.42 Å². The Labute approximate surface area is 72.9 Å². The fourth-order valence-corrected chi connectivity index (χ4v) is 1.10. The lowest BCUT2D eigenvalue weighted by Crippen LogP contribution is -2.18. The molecule has 0 bridgehead atoms. The van der Waals surface area contributed by atoms with Gasteiger partial charge in [0.1, 0.15) is 6.10 Å². The molecule has 0 aromatic carbocycles. The van der Waals surface area contributed by atoms with Crippen molar-refractivity contribution < 1.29 is 9.53 Å². The fraction of sp³-hybridized carbons (Fsp3) is 0.500. The molecule has 0 aromatic rings. The Balaban J connectivity index is 2.32. The van der Waals surface area contributed by atoms with Crippen LogP contribution in [0, 0.1) is 0 Å². The molecule has 1 heterocycles. The van der Waals surface area contributed by atoms with Crippen molar-refractivity contribution in [3.05, 3.63) is 24.3 Å². The van der Waals surface area contributed by atoms with Crippen LogP contribution in [0.25, 0.3) is 0 Å². The van der Waals surface area contributed by atoms with Gasteiger partial charge in [-0.1, -0.05) is 25.2 Å². The fourth-order valence-electron chi connectivity index (χ4n) is 1.10. The van der Waals surface area contributed by atoms with Gasteiger partial charge in [-0.3, -0.25) is 4.79 Å². The lowest BCUT2D eigenvalue weighted by Gasteiger charge is -2.15. The van der Waals surface area contributed by atoms with E-state index in [4.69, 9.17) is 4.74 Å². The first-order valence-electron chi connectivity index (χ1n) is 4.34. The van der Waals surface area contributed by atoms with Crippen LogP contribution in [0.5, 0.6) is 0 Å². The van der Waals surface area contributed by atoms with Crippen LogP contribution in [0.3, 0.4) is 0 Å². The predicted molar refractivity (Wildman–Crippen MR) is 47.7 cm³/mol. The smallest absolute Gasteiger partial charge is 0.310 e. The van der Waals surface area contributed by atoms with Crippen LogP contribution in [-0.2, 0) is 9.53 Å². The van der Waals surface area contributed by atoms with E-state index in [1.807, 2.05) is 18.2 Å². The largest absolute Gasteiger partial charge is 0.458 e. The van der Waals surface area contributed by atoms with Gasteiger partial charge in [0.25, 0.3) is 0 Å². The summed E-state index contributed by atoms with van der Waals surface area (Å²) in [6, 6.07) is 0. The van der Waals surface area contributed by atoms with Crippen molar-refractivity contribution in [3.63, 3.8) is 0 Å². The van der Waals surface area contributed by atoms with E-state index in [-0.39, 0.29) is 12.1 Å². The molecular weight excluding hydrogens is 152 g/mol. The van der Waals surface area contributed by atoms with Gasteiger partial charge < -0.3 is 4.74 Å². The van der Waals surface area contributed by atoms with Crippen LogP contribution in [0.1, 0.15) is 26.2 Å². The Morgan fingerprint density at radius 2 is 2.50 bits per heavy atom. The summed E-state index contributed by atoms with van der Waals surface area (Å²) in [4.78, 5) is 10.8.